The van der Waals surface area contributed by atoms with Crippen LogP contribution in [0.25, 0.3) is 0 Å². The molecule has 3 N–H and O–H groups in total. The Morgan fingerprint density at radius 1 is 0.919 bits per heavy atom. The number of rotatable bonds is 14. The van der Waals surface area contributed by atoms with Gasteiger partial charge in [-0.15, -0.1) is 0 Å². The van der Waals surface area contributed by atoms with Crippen molar-refractivity contribution < 1.29 is 38.5 Å². The molecule has 0 fully saturated rings. The highest BCUT2D eigenvalue weighted by molar-refractivity contribution is 5.82. The van der Waals surface area contributed by atoms with E-state index in [-0.39, 0.29) is 30.3 Å². The fourth-order valence-corrected chi connectivity index (χ4v) is 3.24. The molecule has 9 nitrogen and oxygen atoms in total. The SMILES string of the molecule is CCCC(=O)OC(C)CC(c1ccc(OC(=O)C(C)(C)CC)c(OC(=O)C(C)(C)CC)c1)[C@H](N)C(=O)O. The fourth-order valence-electron chi connectivity index (χ4n) is 3.24. The van der Waals surface area contributed by atoms with Gasteiger partial charge in [0.2, 0.25) is 0 Å². The molecule has 0 heterocycles. The Labute approximate surface area is 220 Å². The Morgan fingerprint density at radius 2 is 1.43 bits per heavy atom. The summed E-state index contributed by atoms with van der Waals surface area (Å²) < 4.78 is 16.7. The zero-order valence-electron chi connectivity index (χ0n) is 23.4. The van der Waals surface area contributed by atoms with Crippen molar-refractivity contribution in [1.82, 2.24) is 0 Å². The Kier molecular flexibility index (Phi) is 11.8. The summed E-state index contributed by atoms with van der Waals surface area (Å²) in [5.41, 5.74) is 4.90. The van der Waals surface area contributed by atoms with Crippen LogP contribution in [0.3, 0.4) is 0 Å². The zero-order chi connectivity index (χ0) is 28.6. The predicted molar refractivity (Wildman–Crippen MR) is 139 cm³/mol. The smallest absolute Gasteiger partial charge is 0.321 e. The molecule has 0 aliphatic rings. The maximum Gasteiger partial charge on any atom is 0.321 e. The zero-order valence-corrected chi connectivity index (χ0v) is 23.4. The minimum atomic E-state index is -1.32. The second-order valence-electron chi connectivity index (χ2n) is 10.7. The first-order valence-corrected chi connectivity index (χ1v) is 12.9. The molecular formula is C28H43NO8. The average molecular weight is 522 g/mol. The van der Waals surface area contributed by atoms with Crippen molar-refractivity contribution in [3.05, 3.63) is 23.8 Å². The van der Waals surface area contributed by atoms with Crippen molar-refractivity contribution >= 4 is 23.9 Å². The molecule has 0 bridgehead atoms. The maximum atomic E-state index is 12.9. The first kappa shape index (κ1) is 32.1. The molecule has 0 spiro atoms. The molecule has 1 aromatic carbocycles. The lowest BCUT2D eigenvalue weighted by Gasteiger charge is -2.27. The van der Waals surface area contributed by atoms with Crippen molar-refractivity contribution in [2.45, 2.75) is 106 Å². The van der Waals surface area contributed by atoms with E-state index >= 15 is 0 Å². The third kappa shape index (κ3) is 9.14. The number of hydrogen-bond donors (Lipinski definition) is 2. The molecule has 3 atom stereocenters. The van der Waals surface area contributed by atoms with Gasteiger partial charge in [0, 0.05) is 12.3 Å². The van der Waals surface area contributed by atoms with Gasteiger partial charge in [-0.3, -0.25) is 19.2 Å². The largest absolute Gasteiger partial charge is 0.480 e. The summed E-state index contributed by atoms with van der Waals surface area (Å²) in [5.74, 6) is -3.39. The van der Waals surface area contributed by atoms with Crippen LogP contribution in [0.1, 0.15) is 99.0 Å². The minimum absolute atomic E-state index is 0.0116. The first-order valence-electron chi connectivity index (χ1n) is 12.9. The highest BCUT2D eigenvalue weighted by atomic mass is 16.6. The Hall–Kier alpha value is -2.94. The van der Waals surface area contributed by atoms with Crippen molar-refractivity contribution in [2.24, 2.45) is 16.6 Å². The second-order valence-corrected chi connectivity index (χ2v) is 10.7. The number of carbonyl (C=O) groups is 4. The summed E-state index contributed by atoms with van der Waals surface area (Å²) in [6.07, 6.45) is 1.44. The van der Waals surface area contributed by atoms with Crippen LogP contribution in [0.5, 0.6) is 11.5 Å². The molecular weight excluding hydrogens is 478 g/mol. The van der Waals surface area contributed by atoms with E-state index in [1.165, 1.54) is 12.1 Å². The summed E-state index contributed by atoms with van der Waals surface area (Å²) in [5, 5.41) is 9.65. The molecule has 1 aromatic rings. The van der Waals surface area contributed by atoms with Crippen molar-refractivity contribution in [3.8, 4) is 11.5 Å². The van der Waals surface area contributed by atoms with Crippen LogP contribution in [0.4, 0.5) is 0 Å². The lowest BCUT2D eigenvalue weighted by Crippen LogP contribution is -2.38. The maximum absolute atomic E-state index is 12.9. The molecule has 0 saturated carbocycles. The van der Waals surface area contributed by atoms with Crippen LogP contribution in [0.2, 0.25) is 0 Å². The van der Waals surface area contributed by atoms with Crippen molar-refractivity contribution in [1.29, 1.82) is 0 Å². The van der Waals surface area contributed by atoms with E-state index < -0.39 is 46.8 Å². The van der Waals surface area contributed by atoms with E-state index in [2.05, 4.69) is 0 Å². The minimum Gasteiger partial charge on any atom is -0.480 e. The van der Waals surface area contributed by atoms with Crippen LogP contribution in [0, 0.1) is 10.8 Å². The predicted octanol–water partition coefficient (Wildman–Crippen LogP) is 4.99. The Bertz CT molecular complexity index is 969. The van der Waals surface area contributed by atoms with Gasteiger partial charge in [-0.25, -0.2) is 0 Å². The highest BCUT2D eigenvalue weighted by Crippen LogP contribution is 2.37. The highest BCUT2D eigenvalue weighted by Gasteiger charge is 2.33. The number of carboxylic acids is 1. The number of hydrogen-bond acceptors (Lipinski definition) is 8. The number of carboxylic acid groups (broad SMARTS) is 1. The average Bonchev–Trinajstić information content (AvgIpc) is 2.82. The summed E-state index contributed by atoms with van der Waals surface area (Å²) in [7, 11) is 0. The Balaban J connectivity index is 3.49. The van der Waals surface area contributed by atoms with Crippen LogP contribution in [-0.4, -0.2) is 41.1 Å². The van der Waals surface area contributed by atoms with Gasteiger partial charge in [-0.1, -0.05) is 26.8 Å². The molecule has 0 aliphatic carbocycles. The number of ether oxygens (including phenoxy) is 3. The topological polar surface area (TPSA) is 142 Å². The number of esters is 3. The molecule has 0 saturated heterocycles. The first-order chi connectivity index (χ1) is 17.1. The van der Waals surface area contributed by atoms with E-state index in [1.54, 1.807) is 40.7 Å². The quantitative estimate of drug-likeness (QED) is 0.256. The number of aliphatic carboxylic acids is 1. The number of carbonyl (C=O) groups excluding carboxylic acids is 3. The van der Waals surface area contributed by atoms with Gasteiger partial charge < -0.3 is 25.1 Å². The van der Waals surface area contributed by atoms with E-state index in [4.69, 9.17) is 19.9 Å². The van der Waals surface area contributed by atoms with Crippen LogP contribution < -0.4 is 15.2 Å². The number of nitrogens with two attached hydrogens (primary N) is 1. The molecule has 0 radical (unpaired) electrons. The van der Waals surface area contributed by atoms with Crippen LogP contribution in [0.15, 0.2) is 18.2 Å². The normalized spacial score (nSPS) is 14.3. The number of benzene rings is 1. The molecule has 2 unspecified atom stereocenters. The molecule has 0 amide bonds. The summed E-state index contributed by atoms with van der Waals surface area (Å²) in [6.45, 7) is 14.2. The molecule has 0 aromatic heterocycles. The van der Waals surface area contributed by atoms with E-state index in [1.807, 2.05) is 20.8 Å². The third-order valence-electron chi connectivity index (χ3n) is 6.77. The molecule has 37 heavy (non-hydrogen) atoms. The monoisotopic (exact) mass is 521 g/mol. The summed E-state index contributed by atoms with van der Waals surface area (Å²) in [6, 6.07) is 3.20. The summed E-state index contributed by atoms with van der Waals surface area (Å²) >= 11 is 0. The molecule has 0 aliphatic heterocycles. The van der Waals surface area contributed by atoms with Crippen molar-refractivity contribution in [2.75, 3.05) is 0 Å². The second kappa shape index (κ2) is 13.6. The lowest BCUT2D eigenvalue weighted by molar-refractivity contribution is -0.149. The van der Waals surface area contributed by atoms with E-state index in [0.717, 1.165) is 0 Å². The van der Waals surface area contributed by atoms with Crippen LogP contribution in [-0.2, 0) is 23.9 Å². The van der Waals surface area contributed by atoms with Gasteiger partial charge in [-0.2, -0.15) is 0 Å². The van der Waals surface area contributed by atoms with Crippen molar-refractivity contribution in [3.63, 3.8) is 0 Å². The van der Waals surface area contributed by atoms with E-state index in [9.17, 15) is 24.3 Å². The van der Waals surface area contributed by atoms with Gasteiger partial charge in [-0.05, 0) is 78.0 Å². The standard InChI is InChI=1S/C28H43NO8/c1-9-12-22(30)35-17(4)15-19(23(29)24(31)32)18-13-14-20(36-25(33)27(5,6)10-2)21(16-18)37-26(34)28(7,8)11-3/h13-14,16-17,19,23H,9-12,15,29H2,1-8H3,(H,31,32)/t17?,19?,23-/m0/s1. The van der Waals surface area contributed by atoms with Gasteiger partial charge in [0.05, 0.1) is 16.9 Å². The Morgan fingerprint density at radius 3 is 1.89 bits per heavy atom. The fraction of sp³-hybridized carbons (Fsp3) is 0.643. The third-order valence-corrected chi connectivity index (χ3v) is 6.77. The molecule has 1 rings (SSSR count). The van der Waals surface area contributed by atoms with Crippen LogP contribution >= 0.6 is 0 Å². The molecule has 208 valence electrons. The van der Waals surface area contributed by atoms with E-state index in [0.29, 0.717) is 24.8 Å². The summed E-state index contributed by atoms with van der Waals surface area (Å²) in [4.78, 5) is 49.4. The lowest BCUT2D eigenvalue weighted by atomic mass is 9.86. The molecule has 9 heteroatoms. The van der Waals surface area contributed by atoms with Gasteiger partial charge >= 0.3 is 23.9 Å². The van der Waals surface area contributed by atoms with Gasteiger partial charge in [0.15, 0.2) is 11.5 Å². The van der Waals surface area contributed by atoms with Gasteiger partial charge in [0.25, 0.3) is 0 Å². The van der Waals surface area contributed by atoms with Gasteiger partial charge in [0.1, 0.15) is 6.04 Å².